The molecule has 6 nitrogen and oxygen atoms in total. The fourth-order valence-electron chi connectivity index (χ4n) is 2.65. The molecule has 0 saturated heterocycles. The van der Waals surface area contributed by atoms with Gasteiger partial charge in [-0.15, -0.1) is 0 Å². The number of anilines is 1. The summed E-state index contributed by atoms with van der Waals surface area (Å²) >= 11 is 0. The van der Waals surface area contributed by atoms with Crippen molar-refractivity contribution in [1.29, 1.82) is 0 Å². The number of aryl methyl sites for hydroxylation is 1. The Morgan fingerprint density at radius 3 is 2.38 bits per heavy atom. The molecular formula is C17H18N2O4S. The number of aliphatic hydroxyl groups is 1. The molecule has 0 amide bonds. The normalized spacial score (nSPS) is 15.9. The molecule has 0 aliphatic carbocycles. The standard InChI is InChI=1S/C17H18N2O4S/c1-2-12-4-3-5-13(8-12)9-14-6-7-15(16(20)10-14)19-11-17(21)18-24(19,22)23/h3-8,10-11,18,20-21H,2,9H2,1H3. The van der Waals surface area contributed by atoms with Gasteiger partial charge >= 0.3 is 10.2 Å². The van der Waals surface area contributed by atoms with Gasteiger partial charge in [-0.05, 0) is 41.7 Å². The quantitative estimate of drug-likeness (QED) is 0.794. The number of nitrogens with zero attached hydrogens (tertiary/aromatic N) is 1. The van der Waals surface area contributed by atoms with Crippen LogP contribution < -0.4 is 9.03 Å². The lowest BCUT2D eigenvalue weighted by molar-refractivity contribution is 0.392. The van der Waals surface area contributed by atoms with Gasteiger partial charge in [0.25, 0.3) is 0 Å². The van der Waals surface area contributed by atoms with Crippen LogP contribution in [-0.4, -0.2) is 18.6 Å². The molecule has 7 heteroatoms. The van der Waals surface area contributed by atoms with Crippen molar-refractivity contribution in [3.8, 4) is 5.75 Å². The van der Waals surface area contributed by atoms with E-state index >= 15 is 0 Å². The number of phenols is 1. The molecule has 0 fully saturated rings. The lowest BCUT2D eigenvalue weighted by Gasteiger charge is -2.16. The lowest BCUT2D eigenvalue weighted by atomic mass is 10.0. The molecule has 126 valence electrons. The number of nitrogens with one attached hydrogen (secondary N) is 1. The van der Waals surface area contributed by atoms with E-state index in [1.807, 2.05) is 16.9 Å². The molecule has 0 bridgehead atoms. The third-order valence-corrected chi connectivity index (χ3v) is 5.10. The lowest BCUT2D eigenvalue weighted by Crippen LogP contribution is -2.29. The van der Waals surface area contributed by atoms with E-state index in [1.54, 1.807) is 6.07 Å². The number of hydrogen-bond acceptors (Lipinski definition) is 4. The summed E-state index contributed by atoms with van der Waals surface area (Å²) in [7, 11) is -3.91. The van der Waals surface area contributed by atoms with E-state index in [4.69, 9.17) is 0 Å². The van der Waals surface area contributed by atoms with Gasteiger partial charge in [0.05, 0.1) is 6.20 Å². The van der Waals surface area contributed by atoms with Crippen molar-refractivity contribution in [3.63, 3.8) is 0 Å². The zero-order valence-electron chi connectivity index (χ0n) is 13.1. The molecule has 2 aromatic carbocycles. The molecule has 3 rings (SSSR count). The second-order valence-corrected chi connectivity index (χ2v) is 7.14. The zero-order valence-corrected chi connectivity index (χ0v) is 13.9. The maximum atomic E-state index is 11.9. The highest BCUT2D eigenvalue weighted by atomic mass is 32.2. The van der Waals surface area contributed by atoms with E-state index < -0.39 is 16.1 Å². The Morgan fingerprint density at radius 2 is 1.75 bits per heavy atom. The first kappa shape index (κ1) is 16.2. The Kier molecular flexibility index (Phi) is 4.11. The summed E-state index contributed by atoms with van der Waals surface area (Å²) < 4.78 is 26.5. The number of benzene rings is 2. The van der Waals surface area contributed by atoms with Crippen molar-refractivity contribution < 1.29 is 18.6 Å². The van der Waals surface area contributed by atoms with Gasteiger partial charge in [-0.3, -0.25) is 0 Å². The van der Waals surface area contributed by atoms with Gasteiger partial charge in [-0.25, -0.2) is 9.03 Å². The predicted octanol–water partition coefficient (Wildman–Crippen LogP) is 2.56. The zero-order chi connectivity index (χ0) is 17.3. The summed E-state index contributed by atoms with van der Waals surface area (Å²) in [6.45, 7) is 2.09. The molecule has 0 unspecified atom stereocenters. The highest BCUT2D eigenvalue weighted by Gasteiger charge is 2.30. The molecule has 0 radical (unpaired) electrons. The van der Waals surface area contributed by atoms with Crippen molar-refractivity contribution in [3.05, 3.63) is 71.2 Å². The first-order valence-corrected chi connectivity index (χ1v) is 8.95. The molecule has 3 N–H and O–H groups in total. The Balaban J connectivity index is 1.88. The van der Waals surface area contributed by atoms with Crippen LogP contribution in [-0.2, 0) is 23.1 Å². The monoisotopic (exact) mass is 346 g/mol. The van der Waals surface area contributed by atoms with E-state index in [2.05, 4.69) is 19.1 Å². The predicted molar refractivity (Wildman–Crippen MR) is 92.0 cm³/mol. The fourth-order valence-corrected chi connectivity index (χ4v) is 3.72. The van der Waals surface area contributed by atoms with E-state index in [0.717, 1.165) is 28.1 Å². The van der Waals surface area contributed by atoms with Crippen LogP contribution in [0.4, 0.5) is 5.69 Å². The summed E-state index contributed by atoms with van der Waals surface area (Å²) in [5.41, 5.74) is 3.30. The van der Waals surface area contributed by atoms with Crippen LogP contribution in [0.2, 0.25) is 0 Å². The van der Waals surface area contributed by atoms with Gasteiger partial charge in [0.1, 0.15) is 11.4 Å². The highest BCUT2D eigenvalue weighted by molar-refractivity contribution is 7.91. The summed E-state index contributed by atoms with van der Waals surface area (Å²) in [6, 6.07) is 13.0. The van der Waals surface area contributed by atoms with E-state index in [0.29, 0.717) is 6.42 Å². The van der Waals surface area contributed by atoms with Gasteiger partial charge in [-0.1, -0.05) is 37.3 Å². The van der Waals surface area contributed by atoms with Crippen LogP contribution in [0, 0.1) is 0 Å². The van der Waals surface area contributed by atoms with Crippen molar-refractivity contribution in [2.24, 2.45) is 0 Å². The van der Waals surface area contributed by atoms with Gasteiger partial charge in [0.15, 0.2) is 0 Å². The van der Waals surface area contributed by atoms with Crippen molar-refractivity contribution >= 4 is 15.9 Å². The van der Waals surface area contributed by atoms with Gasteiger partial charge in [-0.2, -0.15) is 8.42 Å². The molecular weight excluding hydrogens is 328 g/mol. The minimum atomic E-state index is -3.91. The molecule has 0 saturated carbocycles. The molecule has 2 aromatic rings. The van der Waals surface area contributed by atoms with Crippen molar-refractivity contribution in [1.82, 2.24) is 4.72 Å². The van der Waals surface area contributed by atoms with E-state index in [1.165, 1.54) is 17.7 Å². The van der Waals surface area contributed by atoms with Crippen LogP contribution in [0.15, 0.2) is 54.5 Å². The molecule has 1 aliphatic heterocycles. The van der Waals surface area contributed by atoms with Crippen LogP contribution in [0.1, 0.15) is 23.6 Å². The number of rotatable bonds is 4. The smallest absolute Gasteiger partial charge is 0.330 e. The summed E-state index contributed by atoms with van der Waals surface area (Å²) in [5.74, 6) is -0.662. The topological polar surface area (TPSA) is 89.9 Å². The Bertz CT molecular complexity index is 907. The molecule has 24 heavy (non-hydrogen) atoms. The largest absolute Gasteiger partial charge is 0.506 e. The molecule has 0 spiro atoms. The van der Waals surface area contributed by atoms with Crippen LogP contribution >= 0.6 is 0 Å². The molecule has 0 aromatic heterocycles. The Labute approximate surface area is 140 Å². The highest BCUT2D eigenvalue weighted by Crippen LogP contribution is 2.33. The minimum Gasteiger partial charge on any atom is -0.506 e. The van der Waals surface area contributed by atoms with Gasteiger partial charge in [0.2, 0.25) is 5.88 Å². The van der Waals surface area contributed by atoms with Crippen LogP contribution in [0.3, 0.4) is 0 Å². The third-order valence-electron chi connectivity index (χ3n) is 3.82. The average Bonchev–Trinajstić information content (AvgIpc) is 2.80. The molecule has 1 aliphatic rings. The van der Waals surface area contributed by atoms with Crippen LogP contribution in [0.5, 0.6) is 5.75 Å². The number of phenolic OH excluding ortho intramolecular Hbond substituents is 1. The Hall–Kier alpha value is -2.67. The first-order valence-electron chi connectivity index (χ1n) is 7.51. The van der Waals surface area contributed by atoms with E-state index in [9.17, 15) is 18.6 Å². The summed E-state index contributed by atoms with van der Waals surface area (Å²) in [5, 5.41) is 19.5. The summed E-state index contributed by atoms with van der Waals surface area (Å²) in [4.78, 5) is 0. The summed E-state index contributed by atoms with van der Waals surface area (Å²) in [6.07, 6.45) is 2.59. The van der Waals surface area contributed by atoms with Crippen molar-refractivity contribution in [2.45, 2.75) is 19.8 Å². The maximum absolute atomic E-state index is 11.9. The maximum Gasteiger partial charge on any atom is 0.330 e. The van der Waals surface area contributed by atoms with E-state index in [-0.39, 0.29) is 11.4 Å². The number of aliphatic hydroxyl groups excluding tert-OH is 1. The third kappa shape index (κ3) is 3.16. The second kappa shape index (κ2) is 6.09. The average molecular weight is 346 g/mol. The first-order chi connectivity index (χ1) is 11.4. The Morgan fingerprint density at radius 1 is 1.04 bits per heavy atom. The SMILES string of the molecule is CCc1cccc(Cc2ccc(N3C=C(O)NS3(=O)=O)c(O)c2)c1. The van der Waals surface area contributed by atoms with Crippen molar-refractivity contribution in [2.75, 3.05) is 4.31 Å². The fraction of sp³-hybridized carbons (Fsp3) is 0.176. The number of hydrogen-bond donors (Lipinski definition) is 3. The second-order valence-electron chi connectivity index (χ2n) is 5.59. The van der Waals surface area contributed by atoms with Crippen LogP contribution in [0.25, 0.3) is 0 Å². The molecule has 1 heterocycles. The minimum absolute atomic E-state index is 0.0811. The van der Waals surface area contributed by atoms with Gasteiger partial charge in [0, 0.05) is 0 Å². The molecule has 0 atom stereocenters. The van der Waals surface area contributed by atoms with Gasteiger partial charge < -0.3 is 10.2 Å². The number of aromatic hydroxyl groups is 1.